The van der Waals surface area contributed by atoms with Crippen LogP contribution in [0.2, 0.25) is 0 Å². The molecule has 1 fully saturated rings. The normalized spacial score (nSPS) is 24.0. The van der Waals surface area contributed by atoms with Gasteiger partial charge < -0.3 is 10.0 Å². The number of likely N-dealkylation sites (tertiary alicyclic amines) is 1. The number of hydrogen-bond acceptors (Lipinski definition) is 5. The molecule has 1 saturated heterocycles. The Balaban J connectivity index is 1.79. The molecule has 0 bridgehead atoms. The van der Waals surface area contributed by atoms with E-state index >= 15 is 0 Å². The summed E-state index contributed by atoms with van der Waals surface area (Å²) in [5.74, 6) is 0.359. The topological polar surface area (TPSA) is 68.3 Å². The fraction of sp³-hybridized carbons (Fsp3) is 0.625. The third-order valence-electron chi connectivity index (χ3n) is 4.67. The second-order valence-electron chi connectivity index (χ2n) is 6.51. The number of aliphatic hydroxyl groups is 1. The summed E-state index contributed by atoms with van der Waals surface area (Å²) < 4.78 is 0. The van der Waals surface area contributed by atoms with E-state index in [4.69, 9.17) is 0 Å². The molecule has 2 N–H and O–H groups in total. The fourth-order valence-corrected chi connectivity index (χ4v) is 3.29. The van der Waals surface area contributed by atoms with Crippen molar-refractivity contribution in [1.29, 1.82) is 0 Å². The number of nitrogens with one attached hydrogen (secondary N) is 1. The van der Waals surface area contributed by atoms with Crippen molar-refractivity contribution in [2.75, 3.05) is 33.8 Å². The predicted molar refractivity (Wildman–Crippen MR) is 86.5 cm³/mol. The van der Waals surface area contributed by atoms with E-state index in [1.807, 2.05) is 6.07 Å². The Morgan fingerprint density at radius 3 is 3.00 bits per heavy atom. The van der Waals surface area contributed by atoms with Gasteiger partial charge in [0.25, 0.3) is 0 Å². The van der Waals surface area contributed by atoms with Crippen LogP contribution in [0.4, 0.5) is 0 Å². The van der Waals surface area contributed by atoms with Gasteiger partial charge in [-0.25, -0.2) is 4.98 Å². The van der Waals surface area contributed by atoms with Crippen LogP contribution in [0.3, 0.4) is 0 Å². The average Bonchev–Trinajstić information content (AvgIpc) is 2.79. The molecule has 0 unspecified atom stereocenters. The highest BCUT2D eigenvalue weighted by Crippen LogP contribution is 2.22. The Kier molecular flexibility index (Phi) is 4.71. The zero-order valence-electron chi connectivity index (χ0n) is 13.4. The van der Waals surface area contributed by atoms with Crippen LogP contribution in [-0.4, -0.2) is 69.9 Å². The summed E-state index contributed by atoms with van der Waals surface area (Å²) in [7, 11) is 4.27. The first-order valence-electron chi connectivity index (χ1n) is 7.95. The number of nitrogens with zero attached hydrogens (tertiary/aromatic N) is 4. The third-order valence-corrected chi connectivity index (χ3v) is 4.67. The quantitative estimate of drug-likeness (QED) is 0.885. The maximum Gasteiger partial charge on any atom is 0.181 e. The molecule has 0 radical (unpaired) electrons. The van der Waals surface area contributed by atoms with Crippen LogP contribution in [-0.2, 0) is 6.54 Å². The van der Waals surface area contributed by atoms with Gasteiger partial charge in [0, 0.05) is 43.9 Å². The lowest BCUT2D eigenvalue weighted by atomic mass is 10.0. The molecular formula is C16H25N5O. The molecule has 22 heavy (non-hydrogen) atoms. The van der Waals surface area contributed by atoms with Gasteiger partial charge in [0.05, 0.1) is 5.69 Å². The van der Waals surface area contributed by atoms with Crippen LogP contribution in [0.5, 0.6) is 0 Å². The summed E-state index contributed by atoms with van der Waals surface area (Å²) in [4.78, 5) is 9.00. The Bertz CT molecular complexity index is 611. The van der Waals surface area contributed by atoms with Gasteiger partial charge in [-0.3, -0.25) is 10.00 Å². The second kappa shape index (κ2) is 6.73. The molecule has 6 heteroatoms. The van der Waals surface area contributed by atoms with Crippen LogP contribution in [0.15, 0.2) is 18.3 Å². The van der Waals surface area contributed by atoms with Gasteiger partial charge in [-0.05, 0) is 45.0 Å². The Morgan fingerprint density at radius 2 is 2.23 bits per heavy atom. The van der Waals surface area contributed by atoms with E-state index in [0.29, 0.717) is 12.0 Å². The van der Waals surface area contributed by atoms with Crippen molar-refractivity contribution in [3.63, 3.8) is 0 Å². The molecule has 3 rings (SSSR count). The lowest BCUT2D eigenvalue weighted by Crippen LogP contribution is -2.39. The standard InChI is InChI=1S/C16H25N5O/c1-20(2)13-6-5-12(11-22)8-21(9-13)10-15-14-4-3-7-17-16(14)19-18-15/h3-4,7,12-13,22H,5-6,8-11H2,1-2H3,(H,17,18,19)/t12-,13+/m0/s1. The van der Waals surface area contributed by atoms with E-state index in [9.17, 15) is 5.11 Å². The van der Waals surface area contributed by atoms with Crippen molar-refractivity contribution in [3.05, 3.63) is 24.0 Å². The van der Waals surface area contributed by atoms with Crippen LogP contribution in [0, 0.1) is 5.92 Å². The maximum absolute atomic E-state index is 9.59. The van der Waals surface area contributed by atoms with Crippen molar-refractivity contribution < 1.29 is 5.11 Å². The van der Waals surface area contributed by atoms with Gasteiger partial charge in [-0.2, -0.15) is 5.10 Å². The lowest BCUT2D eigenvalue weighted by Gasteiger charge is -2.28. The number of fused-ring (bicyclic) bond motifs is 1. The molecule has 2 aromatic heterocycles. The number of hydrogen-bond donors (Lipinski definition) is 2. The second-order valence-corrected chi connectivity index (χ2v) is 6.51. The average molecular weight is 303 g/mol. The van der Waals surface area contributed by atoms with Gasteiger partial charge in [0.1, 0.15) is 0 Å². The van der Waals surface area contributed by atoms with E-state index in [1.165, 1.54) is 0 Å². The molecule has 0 aliphatic carbocycles. The van der Waals surface area contributed by atoms with Crippen LogP contribution in [0.1, 0.15) is 18.5 Å². The first-order chi connectivity index (χ1) is 10.7. The minimum atomic E-state index is 0.266. The highest BCUT2D eigenvalue weighted by molar-refractivity contribution is 5.77. The van der Waals surface area contributed by atoms with Crippen LogP contribution >= 0.6 is 0 Å². The Hall–Kier alpha value is -1.50. The van der Waals surface area contributed by atoms with Crippen molar-refractivity contribution in [3.8, 4) is 0 Å². The van der Waals surface area contributed by atoms with Gasteiger partial charge >= 0.3 is 0 Å². The minimum absolute atomic E-state index is 0.266. The number of aliphatic hydroxyl groups excluding tert-OH is 1. The molecule has 2 atom stereocenters. The molecule has 0 amide bonds. The monoisotopic (exact) mass is 303 g/mol. The zero-order valence-corrected chi connectivity index (χ0v) is 13.4. The lowest BCUT2D eigenvalue weighted by molar-refractivity contribution is 0.157. The summed E-state index contributed by atoms with van der Waals surface area (Å²) in [5.41, 5.74) is 1.88. The van der Waals surface area contributed by atoms with Crippen molar-refractivity contribution in [2.45, 2.75) is 25.4 Å². The summed E-state index contributed by atoms with van der Waals surface area (Å²) in [6.07, 6.45) is 3.99. The number of rotatable bonds is 4. The Labute approximate surface area is 131 Å². The summed E-state index contributed by atoms with van der Waals surface area (Å²) >= 11 is 0. The molecule has 1 aliphatic heterocycles. The summed E-state index contributed by atoms with van der Waals surface area (Å²) in [5, 5.41) is 18.1. The Morgan fingerprint density at radius 1 is 1.36 bits per heavy atom. The van der Waals surface area contributed by atoms with Crippen molar-refractivity contribution >= 4 is 11.0 Å². The van der Waals surface area contributed by atoms with E-state index in [1.54, 1.807) is 6.20 Å². The fourth-order valence-electron chi connectivity index (χ4n) is 3.29. The van der Waals surface area contributed by atoms with E-state index in [0.717, 1.165) is 49.2 Å². The summed E-state index contributed by atoms with van der Waals surface area (Å²) in [6, 6.07) is 4.54. The molecule has 6 nitrogen and oxygen atoms in total. The van der Waals surface area contributed by atoms with Crippen molar-refractivity contribution in [2.24, 2.45) is 5.92 Å². The minimum Gasteiger partial charge on any atom is -0.396 e. The third kappa shape index (κ3) is 3.29. The van der Waals surface area contributed by atoms with Crippen molar-refractivity contribution in [1.82, 2.24) is 25.0 Å². The molecule has 3 heterocycles. The molecule has 0 aromatic carbocycles. The number of pyridine rings is 1. The molecule has 0 saturated carbocycles. The van der Waals surface area contributed by atoms with Crippen LogP contribution < -0.4 is 0 Å². The zero-order chi connectivity index (χ0) is 15.5. The van der Waals surface area contributed by atoms with E-state index in [-0.39, 0.29) is 6.61 Å². The van der Waals surface area contributed by atoms with Gasteiger partial charge in [0.15, 0.2) is 5.65 Å². The molecule has 120 valence electrons. The molecular weight excluding hydrogens is 278 g/mol. The highest BCUT2D eigenvalue weighted by atomic mass is 16.3. The predicted octanol–water partition coefficient (Wildman–Crippen LogP) is 1.09. The van der Waals surface area contributed by atoms with E-state index < -0.39 is 0 Å². The highest BCUT2D eigenvalue weighted by Gasteiger charge is 2.25. The first kappa shape index (κ1) is 15.4. The molecule has 1 aliphatic rings. The number of aromatic amines is 1. The number of likely N-dealkylation sites (N-methyl/N-ethyl adjacent to an activating group) is 1. The maximum atomic E-state index is 9.59. The van der Waals surface area contributed by atoms with Crippen LogP contribution in [0.25, 0.3) is 11.0 Å². The molecule has 2 aromatic rings. The van der Waals surface area contributed by atoms with Gasteiger partial charge in [0.2, 0.25) is 0 Å². The van der Waals surface area contributed by atoms with E-state index in [2.05, 4.69) is 45.1 Å². The smallest absolute Gasteiger partial charge is 0.181 e. The van der Waals surface area contributed by atoms with Gasteiger partial charge in [-0.15, -0.1) is 0 Å². The number of aromatic nitrogens is 3. The first-order valence-corrected chi connectivity index (χ1v) is 7.95. The van der Waals surface area contributed by atoms with Gasteiger partial charge in [-0.1, -0.05) is 0 Å². The number of H-pyrrole nitrogens is 1. The summed E-state index contributed by atoms with van der Waals surface area (Å²) in [6.45, 7) is 3.04. The largest absolute Gasteiger partial charge is 0.396 e. The SMILES string of the molecule is CN(C)[C@@H]1CC[C@H](CO)CN(Cc2[nH]nc3ncccc23)C1. The molecule has 0 spiro atoms.